The Hall–Kier alpha value is -1.97. The smallest absolute Gasteiger partial charge is 0.161 e. The first-order valence-electron chi connectivity index (χ1n) is 5.56. The Bertz CT molecular complexity index is 525. The van der Waals surface area contributed by atoms with Crippen LogP contribution in [0.1, 0.15) is 18.5 Å². The number of aromatic nitrogens is 2. The number of nitrogens with one attached hydrogen (secondary N) is 1. The number of unbranched alkanes of at least 4 members (excludes halogenated alkanes) is 1. The Kier molecular flexibility index (Phi) is 3.65. The fourth-order valence-electron chi connectivity index (χ4n) is 1.50. The minimum atomic E-state index is 0.526. The van der Waals surface area contributed by atoms with E-state index in [1.165, 1.54) is 0 Å². The first kappa shape index (κ1) is 11.5. The van der Waals surface area contributed by atoms with E-state index >= 15 is 0 Å². The highest BCUT2D eigenvalue weighted by Gasteiger charge is 1.99. The number of fused-ring (bicyclic) bond motifs is 1. The van der Waals surface area contributed by atoms with Gasteiger partial charge in [0, 0.05) is 24.0 Å². The molecule has 0 unspecified atom stereocenters. The molecule has 0 aliphatic heterocycles. The third kappa shape index (κ3) is 3.00. The van der Waals surface area contributed by atoms with Gasteiger partial charge in [-0.2, -0.15) is 0 Å². The zero-order valence-electron chi connectivity index (χ0n) is 9.68. The number of aryl methyl sites for hydroxylation is 1. The molecule has 17 heavy (non-hydrogen) atoms. The van der Waals surface area contributed by atoms with Crippen LogP contribution in [0.25, 0.3) is 11.0 Å². The van der Waals surface area contributed by atoms with Crippen LogP contribution in [-0.2, 0) is 4.79 Å². The maximum atomic E-state index is 10.2. The van der Waals surface area contributed by atoms with E-state index in [2.05, 4.69) is 15.3 Å². The molecule has 0 aromatic carbocycles. The Labute approximate surface area is 100 Å². The second-order valence-corrected chi connectivity index (χ2v) is 3.79. The van der Waals surface area contributed by atoms with Gasteiger partial charge in [-0.1, -0.05) is 0 Å². The lowest BCUT2D eigenvalue weighted by molar-refractivity contribution is -0.107. The number of carbonyl (C=O) groups is 1. The van der Waals surface area contributed by atoms with Crippen molar-refractivity contribution in [2.45, 2.75) is 19.8 Å². The topological polar surface area (TPSA) is 54.9 Å². The fourth-order valence-corrected chi connectivity index (χ4v) is 1.50. The summed E-state index contributed by atoms with van der Waals surface area (Å²) in [6.07, 6.45) is 2.12. The molecule has 1 radical (unpaired) electrons. The monoisotopic (exact) mass is 228 g/mol. The number of aldehydes is 1. The summed E-state index contributed by atoms with van der Waals surface area (Å²) in [6.45, 7) is 3.77. The van der Waals surface area contributed by atoms with Gasteiger partial charge in [0.25, 0.3) is 0 Å². The van der Waals surface area contributed by atoms with Crippen LogP contribution in [0.15, 0.2) is 24.3 Å². The molecule has 2 heterocycles. The van der Waals surface area contributed by atoms with E-state index in [9.17, 15) is 4.79 Å². The molecule has 0 saturated heterocycles. The Morgan fingerprint density at radius 3 is 2.82 bits per heavy atom. The normalized spacial score (nSPS) is 10.4. The predicted molar refractivity (Wildman–Crippen MR) is 67.5 cm³/mol. The van der Waals surface area contributed by atoms with E-state index in [4.69, 9.17) is 0 Å². The Balaban J connectivity index is 2.10. The third-order valence-corrected chi connectivity index (χ3v) is 2.37. The predicted octanol–water partition coefficient (Wildman–Crippen LogP) is 2.49. The lowest BCUT2D eigenvalue weighted by Crippen LogP contribution is -1.98. The van der Waals surface area contributed by atoms with Crippen LogP contribution in [0.4, 0.5) is 5.82 Å². The number of anilines is 1. The van der Waals surface area contributed by atoms with Gasteiger partial charge >= 0.3 is 0 Å². The molecule has 0 fully saturated rings. The van der Waals surface area contributed by atoms with Crippen molar-refractivity contribution in [1.82, 2.24) is 9.97 Å². The van der Waals surface area contributed by atoms with Gasteiger partial charge in [-0.05, 0) is 37.6 Å². The van der Waals surface area contributed by atoms with Crippen LogP contribution < -0.4 is 5.32 Å². The second kappa shape index (κ2) is 5.39. The van der Waals surface area contributed by atoms with Crippen molar-refractivity contribution in [3.63, 3.8) is 0 Å². The SMILES string of the molecule is Cc1ccc2ccc(N[CH]CCC=O)nc2n1. The molecule has 2 aromatic rings. The molecule has 0 bridgehead atoms. The summed E-state index contributed by atoms with van der Waals surface area (Å²) in [6, 6.07) is 7.85. The van der Waals surface area contributed by atoms with E-state index in [0.29, 0.717) is 12.8 Å². The molecule has 4 nitrogen and oxygen atoms in total. The number of nitrogens with zero attached hydrogens (tertiary/aromatic N) is 2. The minimum Gasteiger partial charge on any atom is -0.365 e. The summed E-state index contributed by atoms with van der Waals surface area (Å²) in [5.74, 6) is 0.751. The summed E-state index contributed by atoms with van der Waals surface area (Å²) < 4.78 is 0. The van der Waals surface area contributed by atoms with Crippen molar-refractivity contribution in [3.8, 4) is 0 Å². The molecule has 0 amide bonds. The molecule has 1 N–H and O–H groups in total. The Morgan fingerprint density at radius 2 is 2.00 bits per heavy atom. The first-order valence-corrected chi connectivity index (χ1v) is 5.56. The van der Waals surface area contributed by atoms with Gasteiger partial charge < -0.3 is 10.1 Å². The van der Waals surface area contributed by atoms with E-state index in [1.54, 1.807) is 0 Å². The van der Waals surface area contributed by atoms with Crippen LogP contribution in [0.5, 0.6) is 0 Å². The van der Waals surface area contributed by atoms with Crippen LogP contribution in [0.2, 0.25) is 0 Å². The highest BCUT2D eigenvalue weighted by atomic mass is 16.1. The molecule has 0 aliphatic rings. The molecule has 0 aliphatic carbocycles. The average Bonchev–Trinajstić information content (AvgIpc) is 2.34. The third-order valence-electron chi connectivity index (χ3n) is 2.37. The largest absolute Gasteiger partial charge is 0.365 e. The van der Waals surface area contributed by atoms with Gasteiger partial charge in [-0.25, -0.2) is 9.97 Å². The van der Waals surface area contributed by atoms with Crippen LogP contribution in [-0.4, -0.2) is 16.3 Å². The highest BCUT2D eigenvalue weighted by Crippen LogP contribution is 2.14. The zero-order chi connectivity index (χ0) is 12.1. The first-order chi connectivity index (χ1) is 8.29. The van der Waals surface area contributed by atoms with Crippen LogP contribution in [0, 0.1) is 13.5 Å². The molecular weight excluding hydrogens is 214 g/mol. The van der Waals surface area contributed by atoms with Crippen molar-refractivity contribution in [1.29, 1.82) is 0 Å². The minimum absolute atomic E-state index is 0.526. The quantitative estimate of drug-likeness (QED) is 0.631. The van der Waals surface area contributed by atoms with Gasteiger partial charge in [0.05, 0.1) is 0 Å². The van der Waals surface area contributed by atoms with E-state index in [1.807, 2.05) is 37.7 Å². The van der Waals surface area contributed by atoms with Crippen LogP contribution >= 0.6 is 0 Å². The van der Waals surface area contributed by atoms with Crippen molar-refractivity contribution in [2.75, 3.05) is 5.32 Å². The van der Waals surface area contributed by atoms with Gasteiger partial charge in [-0.3, -0.25) is 0 Å². The van der Waals surface area contributed by atoms with E-state index in [-0.39, 0.29) is 0 Å². The lowest BCUT2D eigenvalue weighted by Gasteiger charge is -2.05. The fraction of sp³-hybridized carbons (Fsp3) is 0.231. The molecule has 0 spiro atoms. The molecule has 0 saturated carbocycles. The molecule has 87 valence electrons. The van der Waals surface area contributed by atoms with Gasteiger partial charge in [-0.15, -0.1) is 0 Å². The van der Waals surface area contributed by atoms with Gasteiger partial charge in [0.15, 0.2) is 5.65 Å². The van der Waals surface area contributed by atoms with Gasteiger partial charge in [0.2, 0.25) is 0 Å². The number of carbonyl (C=O) groups excluding carboxylic acids is 1. The van der Waals surface area contributed by atoms with Crippen molar-refractivity contribution in [2.24, 2.45) is 0 Å². The molecule has 4 heteroatoms. The van der Waals surface area contributed by atoms with E-state index < -0.39 is 0 Å². The maximum Gasteiger partial charge on any atom is 0.161 e. The molecular formula is C13H14N3O. The molecule has 2 rings (SSSR count). The number of pyridine rings is 2. The summed E-state index contributed by atoms with van der Waals surface area (Å²) in [7, 11) is 0. The van der Waals surface area contributed by atoms with Crippen molar-refractivity contribution >= 4 is 23.1 Å². The van der Waals surface area contributed by atoms with Crippen molar-refractivity contribution < 1.29 is 4.79 Å². The standard InChI is InChI=1S/C13H14N3O/c1-10-4-5-11-6-7-12(16-13(11)15-10)14-8-2-3-9-17/h4-9H,2-3H2,1H3,(H,14,15,16). The summed E-state index contributed by atoms with van der Waals surface area (Å²) in [5.41, 5.74) is 1.69. The molecule has 2 aromatic heterocycles. The number of hydrogen-bond donors (Lipinski definition) is 1. The van der Waals surface area contributed by atoms with E-state index in [0.717, 1.165) is 28.8 Å². The Morgan fingerprint density at radius 1 is 1.18 bits per heavy atom. The molecule has 0 atom stereocenters. The average molecular weight is 228 g/mol. The number of hydrogen-bond acceptors (Lipinski definition) is 4. The highest BCUT2D eigenvalue weighted by molar-refractivity contribution is 5.76. The van der Waals surface area contributed by atoms with Gasteiger partial charge in [0.1, 0.15) is 12.1 Å². The lowest BCUT2D eigenvalue weighted by atomic mass is 10.2. The number of rotatable bonds is 5. The second-order valence-electron chi connectivity index (χ2n) is 3.79. The zero-order valence-corrected chi connectivity index (χ0v) is 9.68. The van der Waals surface area contributed by atoms with Crippen LogP contribution in [0.3, 0.4) is 0 Å². The summed E-state index contributed by atoms with van der Waals surface area (Å²) in [4.78, 5) is 18.9. The van der Waals surface area contributed by atoms with Crippen molar-refractivity contribution in [3.05, 3.63) is 36.5 Å². The summed E-state index contributed by atoms with van der Waals surface area (Å²) >= 11 is 0. The maximum absolute atomic E-state index is 10.2. The summed E-state index contributed by atoms with van der Waals surface area (Å²) in [5, 5.41) is 4.08.